The highest BCUT2D eigenvalue weighted by molar-refractivity contribution is 6.02. The summed E-state index contributed by atoms with van der Waals surface area (Å²) in [6.07, 6.45) is 0. The minimum atomic E-state index is -0.824. The zero-order valence-corrected chi connectivity index (χ0v) is 15.2. The topological polar surface area (TPSA) is 148 Å². The van der Waals surface area contributed by atoms with Crippen LogP contribution in [0.3, 0.4) is 0 Å². The smallest absolute Gasteiger partial charge is 0.332 e. The van der Waals surface area contributed by atoms with Crippen molar-refractivity contribution < 1.29 is 14.6 Å². The summed E-state index contributed by atoms with van der Waals surface area (Å²) in [5.74, 6) is -0.199. The number of aromatic amines is 1. The van der Waals surface area contributed by atoms with Gasteiger partial charge in [-0.25, -0.2) is 14.3 Å². The van der Waals surface area contributed by atoms with Crippen LogP contribution in [0.5, 0.6) is 11.5 Å². The molecule has 2 heterocycles. The molecule has 2 aromatic heterocycles. The predicted molar refractivity (Wildman–Crippen MR) is 106 cm³/mol. The first-order valence-electron chi connectivity index (χ1n) is 8.49. The SMILES string of the molecule is COc1cccc(-n2c(=O)[nH]c3c(C(N)=O)nc(Nc4cccc(O)c4)nc32)c1. The number of ether oxygens (including phenoxy) is 1. The Morgan fingerprint density at radius 2 is 2.00 bits per heavy atom. The molecule has 5 N–H and O–H groups in total. The van der Waals surface area contributed by atoms with Crippen molar-refractivity contribution in [2.24, 2.45) is 5.73 Å². The first kappa shape index (κ1) is 18.0. The van der Waals surface area contributed by atoms with Gasteiger partial charge in [-0.3, -0.25) is 4.79 Å². The highest BCUT2D eigenvalue weighted by Gasteiger charge is 2.20. The van der Waals surface area contributed by atoms with Crippen molar-refractivity contribution in [3.63, 3.8) is 0 Å². The number of H-pyrrole nitrogens is 1. The lowest BCUT2D eigenvalue weighted by Crippen LogP contribution is -2.16. The van der Waals surface area contributed by atoms with E-state index in [-0.39, 0.29) is 28.6 Å². The number of nitrogens with one attached hydrogen (secondary N) is 2. The molecule has 2 aromatic carbocycles. The number of benzene rings is 2. The number of primary amides is 1. The van der Waals surface area contributed by atoms with Crippen molar-refractivity contribution in [3.05, 3.63) is 64.7 Å². The second-order valence-corrected chi connectivity index (χ2v) is 6.10. The number of carbonyl (C=O) groups is 1. The first-order chi connectivity index (χ1) is 14.0. The maximum absolute atomic E-state index is 12.6. The van der Waals surface area contributed by atoms with E-state index >= 15 is 0 Å². The summed E-state index contributed by atoms with van der Waals surface area (Å²) in [6, 6.07) is 13.1. The largest absolute Gasteiger partial charge is 0.508 e. The van der Waals surface area contributed by atoms with Gasteiger partial charge in [0.2, 0.25) is 5.95 Å². The number of phenols is 1. The highest BCUT2D eigenvalue weighted by Crippen LogP contribution is 2.23. The van der Waals surface area contributed by atoms with Crippen molar-refractivity contribution in [3.8, 4) is 17.2 Å². The molecule has 0 aliphatic carbocycles. The second-order valence-electron chi connectivity index (χ2n) is 6.10. The summed E-state index contributed by atoms with van der Waals surface area (Å²) in [5, 5.41) is 12.5. The van der Waals surface area contributed by atoms with Crippen LogP contribution >= 0.6 is 0 Å². The van der Waals surface area contributed by atoms with Crippen LogP contribution < -0.4 is 21.5 Å². The Morgan fingerprint density at radius 1 is 1.21 bits per heavy atom. The van der Waals surface area contributed by atoms with E-state index in [4.69, 9.17) is 10.5 Å². The molecule has 0 saturated heterocycles. The highest BCUT2D eigenvalue weighted by atomic mass is 16.5. The van der Waals surface area contributed by atoms with Crippen LogP contribution in [-0.4, -0.2) is 37.6 Å². The minimum Gasteiger partial charge on any atom is -0.508 e. The van der Waals surface area contributed by atoms with Gasteiger partial charge in [-0.1, -0.05) is 12.1 Å². The number of aromatic nitrogens is 4. The zero-order valence-electron chi connectivity index (χ0n) is 15.2. The van der Waals surface area contributed by atoms with Crippen LogP contribution in [0, 0.1) is 0 Å². The second kappa shape index (κ2) is 7.00. The molecule has 10 nitrogen and oxygen atoms in total. The third-order valence-corrected chi connectivity index (χ3v) is 4.18. The Labute approximate surface area is 163 Å². The van der Waals surface area contributed by atoms with Crippen molar-refractivity contribution >= 4 is 28.7 Å². The predicted octanol–water partition coefficient (Wildman–Crippen LogP) is 1.67. The van der Waals surface area contributed by atoms with Gasteiger partial charge in [0.05, 0.1) is 12.8 Å². The number of carbonyl (C=O) groups excluding carboxylic acids is 1. The van der Waals surface area contributed by atoms with Crippen LogP contribution in [0.15, 0.2) is 53.3 Å². The van der Waals surface area contributed by atoms with E-state index < -0.39 is 11.6 Å². The van der Waals surface area contributed by atoms with E-state index in [1.807, 2.05) is 0 Å². The van der Waals surface area contributed by atoms with E-state index in [0.717, 1.165) is 0 Å². The number of fused-ring (bicyclic) bond motifs is 1. The summed E-state index contributed by atoms with van der Waals surface area (Å²) < 4.78 is 6.50. The van der Waals surface area contributed by atoms with E-state index in [1.165, 1.54) is 23.8 Å². The van der Waals surface area contributed by atoms with Crippen LogP contribution in [-0.2, 0) is 0 Å². The molecule has 0 saturated carbocycles. The molecule has 4 aromatic rings. The number of aromatic hydroxyl groups is 1. The molecule has 146 valence electrons. The number of rotatable bonds is 5. The van der Waals surface area contributed by atoms with Crippen molar-refractivity contribution in [2.75, 3.05) is 12.4 Å². The van der Waals surface area contributed by atoms with E-state index in [9.17, 15) is 14.7 Å². The summed E-state index contributed by atoms with van der Waals surface area (Å²) in [5.41, 5.74) is 6.06. The molecular weight excluding hydrogens is 376 g/mol. The molecule has 0 radical (unpaired) electrons. The standard InChI is InChI=1S/C19H16N6O4/c1-29-13-7-3-5-11(9-13)25-17-15(23-19(25)28)14(16(20)27)22-18(24-17)21-10-4-2-6-12(26)8-10/h2-9,26H,1H3,(H2,20,27)(H,23,28)(H,21,22,24). The monoisotopic (exact) mass is 392 g/mol. The van der Waals surface area contributed by atoms with Gasteiger partial charge in [-0.2, -0.15) is 4.98 Å². The summed E-state index contributed by atoms with van der Waals surface area (Å²) in [6.45, 7) is 0. The van der Waals surface area contributed by atoms with Gasteiger partial charge in [-0.15, -0.1) is 0 Å². The van der Waals surface area contributed by atoms with Gasteiger partial charge in [0.1, 0.15) is 17.0 Å². The fourth-order valence-corrected chi connectivity index (χ4v) is 2.92. The quantitative estimate of drug-likeness (QED) is 0.404. The van der Waals surface area contributed by atoms with Crippen LogP contribution in [0.4, 0.5) is 11.6 Å². The molecule has 4 rings (SSSR count). The molecule has 10 heteroatoms. The molecular formula is C19H16N6O4. The third kappa shape index (κ3) is 3.34. The lowest BCUT2D eigenvalue weighted by Gasteiger charge is -2.09. The first-order valence-corrected chi connectivity index (χ1v) is 8.49. The van der Waals surface area contributed by atoms with Gasteiger partial charge >= 0.3 is 5.69 Å². The Balaban J connectivity index is 1.93. The van der Waals surface area contributed by atoms with E-state index in [1.54, 1.807) is 36.4 Å². The van der Waals surface area contributed by atoms with Crippen molar-refractivity contribution in [1.82, 2.24) is 19.5 Å². The molecule has 29 heavy (non-hydrogen) atoms. The lowest BCUT2D eigenvalue weighted by atomic mass is 10.3. The molecule has 1 amide bonds. The number of nitrogens with two attached hydrogens (primary N) is 1. The molecule has 0 bridgehead atoms. The van der Waals surface area contributed by atoms with Gasteiger partial charge in [0.15, 0.2) is 11.3 Å². The molecule has 0 aliphatic heterocycles. The Hall–Kier alpha value is -4.34. The molecule has 0 aliphatic rings. The van der Waals surface area contributed by atoms with Crippen molar-refractivity contribution in [1.29, 1.82) is 0 Å². The number of nitrogens with zero attached hydrogens (tertiary/aromatic N) is 3. The van der Waals surface area contributed by atoms with Crippen LogP contribution in [0.25, 0.3) is 16.9 Å². The average molecular weight is 392 g/mol. The fourth-order valence-electron chi connectivity index (χ4n) is 2.92. The summed E-state index contributed by atoms with van der Waals surface area (Å²) in [4.78, 5) is 35.6. The molecule has 0 unspecified atom stereocenters. The maximum Gasteiger partial charge on any atom is 0.332 e. The van der Waals surface area contributed by atoms with Crippen LogP contribution in [0.1, 0.15) is 10.5 Å². The molecule has 0 spiro atoms. The van der Waals surface area contributed by atoms with E-state index in [2.05, 4.69) is 20.3 Å². The average Bonchev–Trinajstić information content (AvgIpc) is 3.03. The summed E-state index contributed by atoms with van der Waals surface area (Å²) in [7, 11) is 1.52. The number of imidazole rings is 1. The van der Waals surface area contributed by atoms with Crippen LogP contribution in [0.2, 0.25) is 0 Å². The number of amides is 1. The third-order valence-electron chi connectivity index (χ3n) is 4.18. The maximum atomic E-state index is 12.6. The van der Waals surface area contributed by atoms with E-state index in [0.29, 0.717) is 17.1 Å². The van der Waals surface area contributed by atoms with Gasteiger partial charge in [-0.05, 0) is 24.3 Å². The Bertz CT molecular complexity index is 1290. The minimum absolute atomic E-state index is 0.0348. The van der Waals surface area contributed by atoms with Gasteiger partial charge < -0.3 is 25.9 Å². The van der Waals surface area contributed by atoms with Gasteiger partial charge in [0, 0.05) is 17.8 Å². The normalized spacial score (nSPS) is 10.8. The number of methoxy groups -OCH3 is 1. The fraction of sp³-hybridized carbons (Fsp3) is 0.0526. The zero-order chi connectivity index (χ0) is 20.5. The van der Waals surface area contributed by atoms with Gasteiger partial charge in [0.25, 0.3) is 5.91 Å². The Kier molecular flexibility index (Phi) is 4.36. The summed E-state index contributed by atoms with van der Waals surface area (Å²) >= 11 is 0. The Morgan fingerprint density at radius 3 is 2.72 bits per heavy atom. The molecule has 0 atom stereocenters. The number of hydrogen-bond donors (Lipinski definition) is 4. The number of phenolic OH excluding ortho intramolecular Hbond substituents is 1. The number of anilines is 2. The lowest BCUT2D eigenvalue weighted by molar-refractivity contribution is 0.0997. The number of hydrogen-bond acceptors (Lipinski definition) is 7. The van der Waals surface area contributed by atoms with Crippen molar-refractivity contribution in [2.45, 2.75) is 0 Å². The molecule has 0 fully saturated rings.